The van der Waals surface area contributed by atoms with Crippen LogP contribution in [0.3, 0.4) is 0 Å². The van der Waals surface area contributed by atoms with E-state index in [1.54, 1.807) is 30.4 Å². The second-order valence-electron chi connectivity index (χ2n) is 7.52. The number of thiophene rings is 1. The molecule has 1 aromatic carbocycles. The Kier molecular flexibility index (Phi) is 5.46. The van der Waals surface area contributed by atoms with Crippen molar-refractivity contribution in [3.8, 4) is 0 Å². The number of halogens is 1. The first-order chi connectivity index (χ1) is 13.5. The molecule has 0 N–H and O–H groups in total. The highest BCUT2D eigenvalue weighted by atomic mass is 32.1. The van der Waals surface area contributed by atoms with Crippen LogP contribution in [0.5, 0.6) is 0 Å². The number of aryl methyl sites for hydroxylation is 1. The van der Waals surface area contributed by atoms with Crippen molar-refractivity contribution in [3.05, 3.63) is 52.0 Å². The number of carbonyl (C=O) groups excluding carboxylic acids is 2. The number of hydrogen-bond acceptors (Lipinski definition) is 4. The SMILES string of the molecule is Cc1ccc(N2C[C@H](C(=O)N3CCN(Cc4cccs4)CC3)CC2=O)cc1F. The highest BCUT2D eigenvalue weighted by molar-refractivity contribution is 7.09. The summed E-state index contributed by atoms with van der Waals surface area (Å²) in [4.78, 5) is 32.5. The lowest BCUT2D eigenvalue weighted by Crippen LogP contribution is -2.50. The minimum absolute atomic E-state index is 0.0409. The summed E-state index contributed by atoms with van der Waals surface area (Å²) < 4.78 is 13.9. The van der Waals surface area contributed by atoms with Crippen molar-refractivity contribution in [1.82, 2.24) is 9.80 Å². The monoisotopic (exact) mass is 401 g/mol. The van der Waals surface area contributed by atoms with Crippen LogP contribution in [0.2, 0.25) is 0 Å². The Balaban J connectivity index is 1.34. The van der Waals surface area contributed by atoms with Crippen LogP contribution in [0.15, 0.2) is 35.7 Å². The van der Waals surface area contributed by atoms with Crippen LogP contribution in [-0.4, -0.2) is 54.3 Å². The number of piperazine rings is 1. The lowest BCUT2D eigenvalue weighted by Gasteiger charge is -2.35. The van der Waals surface area contributed by atoms with Gasteiger partial charge in [0.25, 0.3) is 0 Å². The molecule has 1 atom stereocenters. The molecular formula is C21H24FN3O2S. The molecule has 148 valence electrons. The van der Waals surface area contributed by atoms with E-state index in [0.29, 0.717) is 30.9 Å². The minimum Gasteiger partial charge on any atom is -0.340 e. The third kappa shape index (κ3) is 3.95. The number of anilines is 1. The van der Waals surface area contributed by atoms with Gasteiger partial charge in [-0.15, -0.1) is 11.3 Å². The predicted octanol–water partition coefficient (Wildman–Crippen LogP) is 2.89. The van der Waals surface area contributed by atoms with Gasteiger partial charge >= 0.3 is 0 Å². The summed E-state index contributed by atoms with van der Waals surface area (Å²) in [6.07, 6.45) is 0.198. The molecule has 1 aromatic heterocycles. The topological polar surface area (TPSA) is 43.9 Å². The van der Waals surface area contributed by atoms with Crippen molar-refractivity contribution in [2.45, 2.75) is 19.9 Å². The van der Waals surface area contributed by atoms with Gasteiger partial charge in [-0.2, -0.15) is 0 Å². The van der Waals surface area contributed by atoms with Gasteiger partial charge in [0.1, 0.15) is 5.82 Å². The Bertz CT molecular complexity index is 863. The largest absolute Gasteiger partial charge is 0.340 e. The number of benzene rings is 1. The molecular weight excluding hydrogens is 377 g/mol. The van der Waals surface area contributed by atoms with Gasteiger partial charge in [0.15, 0.2) is 0 Å². The van der Waals surface area contributed by atoms with Gasteiger partial charge in [-0.05, 0) is 36.1 Å². The van der Waals surface area contributed by atoms with Crippen molar-refractivity contribution in [1.29, 1.82) is 0 Å². The molecule has 0 aliphatic carbocycles. The summed E-state index contributed by atoms with van der Waals surface area (Å²) >= 11 is 1.75. The summed E-state index contributed by atoms with van der Waals surface area (Å²) in [7, 11) is 0. The van der Waals surface area contributed by atoms with E-state index in [0.717, 1.165) is 19.6 Å². The zero-order valence-electron chi connectivity index (χ0n) is 15.9. The fourth-order valence-corrected chi connectivity index (χ4v) is 4.63. The summed E-state index contributed by atoms with van der Waals surface area (Å²) in [5.41, 5.74) is 1.08. The average Bonchev–Trinajstić information content (AvgIpc) is 3.34. The molecule has 4 rings (SSSR count). The molecule has 2 fully saturated rings. The van der Waals surface area contributed by atoms with Crippen molar-refractivity contribution >= 4 is 28.8 Å². The van der Waals surface area contributed by atoms with E-state index in [1.807, 2.05) is 4.90 Å². The molecule has 0 unspecified atom stereocenters. The van der Waals surface area contributed by atoms with Crippen molar-refractivity contribution in [2.75, 3.05) is 37.6 Å². The Morgan fingerprint density at radius 2 is 2.00 bits per heavy atom. The van der Waals surface area contributed by atoms with Gasteiger partial charge in [-0.25, -0.2) is 4.39 Å². The maximum absolute atomic E-state index is 13.9. The van der Waals surface area contributed by atoms with Crippen LogP contribution in [0.4, 0.5) is 10.1 Å². The first kappa shape index (κ1) is 19.1. The minimum atomic E-state index is -0.347. The lowest BCUT2D eigenvalue weighted by atomic mass is 10.1. The van der Waals surface area contributed by atoms with E-state index in [1.165, 1.54) is 15.8 Å². The molecule has 2 amide bonds. The van der Waals surface area contributed by atoms with Crippen molar-refractivity contribution < 1.29 is 14.0 Å². The van der Waals surface area contributed by atoms with Crippen LogP contribution < -0.4 is 4.90 Å². The second kappa shape index (κ2) is 8.01. The quantitative estimate of drug-likeness (QED) is 0.791. The molecule has 2 saturated heterocycles. The summed E-state index contributed by atoms with van der Waals surface area (Å²) in [5, 5.41) is 2.08. The number of amides is 2. The molecule has 0 radical (unpaired) electrons. The molecule has 28 heavy (non-hydrogen) atoms. The van der Waals surface area contributed by atoms with Crippen LogP contribution in [0, 0.1) is 18.7 Å². The molecule has 0 saturated carbocycles. The third-order valence-corrected chi connectivity index (χ3v) is 6.45. The molecule has 2 aliphatic rings. The Labute approximate surface area is 168 Å². The van der Waals surface area contributed by atoms with Gasteiger partial charge in [-0.3, -0.25) is 14.5 Å². The Morgan fingerprint density at radius 3 is 2.68 bits per heavy atom. The maximum atomic E-state index is 13.9. The van der Waals surface area contributed by atoms with E-state index in [9.17, 15) is 14.0 Å². The first-order valence-electron chi connectivity index (χ1n) is 9.61. The van der Waals surface area contributed by atoms with Crippen molar-refractivity contribution in [2.24, 2.45) is 5.92 Å². The molecule has 7 heteroatoms. The second-order valence-corrected chi connectivity index (χ2v) is 8.55. The molecule has 5 nitrogen and oxygen atoms in total. The highest BCUT2D eigenvalue weighted by Gasteiger charge is 2.38. The normalized spacial score (nSPS) is 20.8. The van der Waals surface area contributed by atoms with E-state index in [4.69, 9.17) is 0 Å². The zero-order chi connectivity index (χ0) is 19.7. The van der Waals surface area contributed by atoms with E-state index in [2.05, 4.69) is 22.4 Å². The van der Waals surface area contributed by atoms with Crippen molar-refractivity contribution in [3.63, 3.8) is 0 Å². The van der Waals surface area contributed by atoms with Crippen LogP contribution >= 0.6 is 11.3 Å². The zero-order valence-corrected chi connectivity index (χ0v) is 16.8. The molecule has 0 bridgehead atoms. The standard InChI is InChI=1S/C21H24FN3O2S/c1-15-4-5-17(12-19(15)22)25-13-16(11-20(25)26)21(27)24-8-6-23(7-9-24)14-18-3-2-10-28-18/h2-5,10,12,16H,6-9,11,13-14H2,1H3/t16-/m1/s1. The fraction of sp³-hybridized carbons (Fsp3) is 0.429. The number of nitrogens with zero attached hydrogens (tertiary/aromatic N) is 3. The number of hydrogen-bond donors (Lipinski definition) is 0. The Hall–Kier alpha value is -2.25. The third-order valence-electron chi connectivity index (χ3n) is 5.58. The van der Waals surface area contributed by atoms with E-state index >= 15 is 0 Å². The first-order valence-corrected chi connectivity index (χ1v) is 10.5. The van der Waals surface area contributed by atoms with Gasteiger partial charge in [0, 0.05) is 56.3 Å². The summed E-state index contributed by atoms with van der Waals surface area (Å²) in [6.45, 7) is 6.01. The lowest BCUT2D eigenvalue weighted by molar-refractivity contribution is -0.137. The van der Waals surface area contributed by atoms with Crippen LogP contribution in [0.1, 0.15) is 16.9 Å². The molecule has 2 aliphatic heterocycles. The maximum Gasteiger partial charge on any atom is 0.228 e. The molecule has 2 aromatic rings. The Morgan fingerprint density at radius 1 is 1.21 bits per heavy atom. The smallest absolute Gasteiger partial charge is 0.228 e. The van der Waals surface area contributed by atoms with Gasteiger partial charge < -0.3 is 9.80 Å². The summed E-state index contributed by atoms with van der Waals surface area (Å²) in [5.74, 6) is -0.750. The van der Waals surface area contributed by atoms with Crippen LogP contribution in [0.25, 0.3) is 0 Å². The fourth-order valence-electron chi connectivity index (χ4n) is 3.88. The van der Waals surface area contributed by atoms with Crippen LogP contribution in [-0.2, 0) is 16.1 Å². The van der Waals surface area contributed by atoms with E-state index < -0.39 is 0 Å². The number of rotatable bonds is 4. The predicted molar refractivity (Wildman–Crippen MR) is 108 cm³/mol. The van der Waals surface area contributed by atoms with Gasteiger partial charge in [0.05, 0.1) is 5.92 Å². The average molecular weight is 402 g/mol. The molecule has 3 heterocycles. The molecule has 0 spiro atoms. The summed E-state index contributed by atoms with van der Waals surface area (Å²) in [6, 6.07) is 8.98. The van der Waals surface area contributed by atoms with Gasteiger partial charge in [-0.1, -0.05) is 12.1 Å². The van der Waals surface area contributed by atoms with E-state index in [-0.39, 0.29) is 30.0 Å². The van der Waals surface area contributed by atoms with Gasteiger partial charge in [0.2, 0.25) is 11.8 Å². The highest BCUT2D eigenvalue weighted by Crippen LogP contribution is 2.28. The number of carbonyl (C=O) groups is 2.